The summed E-state index contributed by atoms with van der Waals surface area (Å²) in [5.74, 6) is 0.780. The Hall–Kier alpha value is 0.267. The summed E-state index contributed by atoms with van der Waals surface area (Å²) < 4.78 is 0. The summed E-state index contributed by atoms with van der Waals surface area (Å²) >= 11 is 0. The summed E-state index contributed by atoms with van der Waals surface area (Å²) in [6.45, 7) is 0. The van der Waals surface area contributed by atoms with Gasteiger partial charge < -0.3 is 6.22 Å². The summed E-state index contributed by atoms with van der Waals surface area (Å²) in [6, 6.07) is 0. The molecule has 0 atom stereocenters. The second-order valence-electron chi connectivity index (χ2n) is 1.85. The minimum absolute atomic E-state index is 0. The summed E-state index contributed by atoms with van der Waals surface area (Å²) in [5.41, 5.74) is 0. The third kappa shape index (κ3) is 2.91. The molecule has 1 fully saturated rings. The topological polar surface area (TPSA) is 17.1 Å². The van der Waals surface area contributed by atoms with Gasteiger partial charge in [-0.1, -0.05) is 0 Å². The molecular weight excluding hydrogens is 83.0 g/mol. The summed E-state index contributed by atoms with van der Waals surface area (Å²) in [5, 5.41) is 0. The molecule has 0 spiro atoms. The molecule has 0 radical (unpaired) electrons. The molecule has 0 aromatic carbocycles. The zero-order valence-electron chi connectivity index (χ0n) is 5.68. The van der Waals surface area contributed by atoms with Gasteiger partial charge in [0, 0.05) is 6.42 Å². The Kier molecular flexibility index (Phi) is 3.42. The Morgan fingerprint density at radius 2 is 2.29 bits per heavy atom. The normalized spacial score (nSPS) is 17.7. The molecule has 0 unspecified atom stereocenters. The summed E-state index contributed by atoms with van der Waals surface area (Å²) in [7, 11) is 0. The van der Waals surface area contributed by atoms with Gasteiger partial charge in [-0.15, -0.1) is 0 Å². The Labute approximate surface area is 57.1 Å². The van der Waals surface area contributed by atoms with Crippen molar-refractivity contribution in [2.24, 2.45) is 5.92 Å². The van der Waals surface area contributed by atoms with E-state index in [9.17, 15) is 4.79 Å². The van der Waals surface area contributed by atoms with Crippen LogP contribution in [-0.4, -0.2) is 6.29 Å². The van der Waals surface area contributed by atoms with Crippen LogP contribution in [0.25, 0.3) is 0 Å². The van der Waals surface area contributed by atoms with Crippen molar-refractivity contribution in [3.63, 3.8) is 0 Å². The number of aldehydes is 1. The first kappa shape index (κ1) is 7.27. The van der Waals surface area contributed by atoms with E-state index in [0.717, 1.165) is 18.6 Å². The maximum Gasteiger partial charge on any atom is 1.00 e. The van der Waals surface area contributed by atoms with Crippen molar-refractivity contribution >= 4 is 6.29 Å². The molecule has 1 aliphatic rings. The van der Waals surface area contributed by atoms with E-state index in [1.54, 1.807) is 0 Å². The molecule has 1 rings (SSSR count). The fourth-order valence-electron chi connectivity index (χ4n) is 0.490. The third-order valence-electron chi connectivity index (χ3n) is 1.13. The number of carbonyl (C=O) groups is 1. The molecule has 36 valence electrons. The van der Waals surface area contributed by atoms with Gasteiger partial charge in [0.2, 0.25) is 0 Å². The van der Waals surface area contributed by atoms with E-state index in [2.05, 4.69) is 0 Å². The molecule has 1 saturated carbocycles. The van der Waals surface area contributed by atoms with E-state index in [4.69, 9.17) is 0 Å². The van der Waals surface area contributed by atoms with E-state index < -0.39 is 0 Å². The number of rotatable bonds is 2. The fraction of sp³-hybridized carbons (Fsp3) is 0.800. The van der Waals surface area contributed by atoms with Crippen LogP contribution in [0.3, 0.4) is 0 Å². The fourth-order valence-corrected chi connectivity index (χ4v) is 0.490. The Balaban J connectivity index is 0. The average molecular weight is 92.1 g/mol. The SMILES string of the molecule is O=CCC1CC1.[H-].[Li+]. The van der Waals surface area contributed by atoms with Crippen LogP contribution in [0.2, 0.25) is 0 Å². The predicted octanol–water partition coefficient (Wildman–Crippen LogP) is -1.90. The molecule has 7 heavy (non-hydrogen) atoms. The third-order valence-corrected chi connectivity index (χ3v) is 1.13. The molecule has 0 aromatic heterocycles. The van der Waals surface area contributed by atoms with Gasteiger partial charge >= 0.3 is 18.9 Å². The molecule has 0 aliphatic heterocycles. The standard InChI is InChI=1S/C5H8O.Li.H/c6-4-3-5-1-2-5;;/h4-5H,1-3H2;;/q;+1;-1. The second-order valence-corrected chi connectivity index (χ2v) is 1.85. The van der Waals surface area contributed by atoms with Crippen LogP contribution in [0.1, 0.15) is 20.7 Å². The minimum atomic E-state index is 0. The molecule has 1 aliphatic carbocycles. The van der Waals surface area contributed by atoms with Crippen LogP contribution >= 0.6 is 0 Å². The number of hydrogen-bond donors (Lipinski definition) is 0. The van der Waals surface area contributed by atoms with Gasteiger partial charge in [0.15, 0.2) is 0 Å². The molecule has 0 N–H and O–H groups in total. The molecule has 0 amide bonds. The molecule has 0 saturated heterocycles. The van der Waals surface area contributed by atoms with Crippen molar-refractivity contribution in [3.05, 3.63) is 0 Å². The van der Waals surface area contributed by atoms with Crippen molar-refractivity contribution in [3.8, 4) is 0 Å². The Morgan fingerprint density at radius 1 is 1.71 bits per heavy atom. The van der Waals surface area contributed by atoms with E-state index in [1.807, 2.05) is 0 Å². The number of carbonyl (C=O) groups excluding carboxylic acids is 1. The number of hydrogen-bond acceptors (Lipinski definition) is 1. The Morgan fingerprint density at radius 3 is 2.43 bits per heavy atom. The predicted molar refractivity (Wildman–Crippen MR) is 24.5 cm³/mol. The first-order valence-electron chi connectivity index (χ1n) is 2.37. The zero-order chi connectivity index (χ0) is 4.41. The molecule has 0 heterocycles. The average Bonchev–Trinajstić information content (AvgIpc) is 2.21. The molecular formula is C5H9LiO. The monoisotopic (exact) mass is 92.1 g/mol. The van der Waals surface area contributed by atoms with Crippen LogP contribution in [0.4, 0.5) is 0 Å². The summed E-state index contributed by atoms with van der Waals surface area (Å²) in [6.07, 6.45) is 4.40. The maximum atomic E-state index is 9.66. The van der Waals surface area contributed by atoms with Crippen molar-refractivity contribution in [2.45, 2.75) is 19.3 Å². The van der Waals surface area contributed by atoms with Crippen molar-refractivity contribution in [1.82, 2.24) is 0 Å². The second kappa shape index (κ2) is 3.29. The van der Waals surface area contributed by atoms with E-state index >= 15 is 0 Å². The smallest absolute Gasteiger partial charge is 1.00 e. The van der Waals surface area contributed by atoms with Gasteiger partial charge in [-0.3, -0.25) is 0 Å². The van der Waals surface area contributed by atoms with E-state index in [-0.39, 0.29) is 20.3 Å². The largest absolute Gasteiger partial charge is 1.00 e. The molecule has 1 nitrogen and oxygen atoms in total. The summed E-state index contributed by atoms with van der Waals surface area (Å²) in [4.78, 5) is 9.66. The van der Waals surface area contributed by atoms with Gasteiger partial charge in [-0.2, -0.15) is 0 Å². The van der Waals surface area contributed by atoms with Gasteiger partial charge in [-0.25, -0.2) is 0 Å². The first-order chi connectivity index (χ1) is 2.93. The van der Waals surface area contributed by atoms with Crippen molar-refractivity contribution in [2.75, 3.05) is 0 Å². The Bertz CT molecular complexity index is 63.4. The minimum Gasteiger partial charge on any atom is -1.00 e. The maximum absolute atomic E-state index is 9.66. The molecule has 0 aromatic rings. The quantitative estimate of drug-likeness (QED) is 0.287. The van der Waals surface area contributed by atoms with Crippen molar-refractivity contribution < 1.29 is 25.1 Å². The van der Waals surface area contributed by atoms with Gasteiger partial charge in [0.05, 0.1) is 0 Å². The van der Waals surface area contributed by atoms with Crippen LogP contribution in [0.5, 0.6) is 0 Å². The van der Waals surface area contributed by atoms with Gasteiger partial charge in [0.25, 0.3) is 0 Å². The molecule has 0 bridgehead atoms. The zero-order valence-corrected chi connectivity index (χ0v) is 4.68. The van der Waals surface area contributed by atoms with E-state index in [1.165, 1.54) is 12.8 Å². The van der Waals surface area contributed by atoms with Gasteiger partial charge in [-0.05, 0) is 18.8 Å². The first-order valence-corrected chi connectivity index (χ1v) is 2.37. The van der Waals surface area contributed by atoms with Gasteiger partial charge in [0.1, 0.15) is 6.29 Å². The van der Waals surface area contributed by atoms with Crippen LogP contribution in [0.15, 0.2) is 0 Å². The van der Waals surface area contributed by atoms with Crippen LogP contribution < -0.4 is 18.9 Å². The van der Waals surface area contributed by atoms with Crippen LogP contribution in [0, 0.1) is 5.92 Å². The van der Waals surface area contributed by atoms with Crippen molar-refractivity contribution in [1.29, 1.82) is 0 Å². The van der Waals surface area contributed by atoms with Crippen LogP contribution in [-0.2, 0) is 4.79 Å². The van der Waals surface area contributed by atoms with E-state index in [0.29, 0.717) is 0 Å². The molecule has 2 heteroatoms.